The Morgan fingerprint density at radius 3 is 2.74 bits per heavy atom. The van der Waals surface area contributed by atoms with Gasteiger partial charge >= 0.3 is 6.18 Å². The fraction of sp³-hybridized carbons (Fsp3) is 0.304. The first kappa shape index (κ1) is 23.9. The number of hydrogen-bond donors (Lipinski definition) is 1. The van der Waals surface area contributed by atoms with E-state index in [1.807, 2.05) is 6.07 Å². The van der Waals surface area contributed by atoms with Crippen molar-refractivity contribution in [3.05, 3.63) is 65.1 Å². The maximum atomic E-state index is 13.4. The van der Waals surface area contributed by atoms with Crippen molar-refractivity contribution in [1.29, 1.82) is 5.26 Å². The molecule has 1 N–H and O–H groups in total. The van der Waals surface area contributed by atoms with Gasteiger partial charge in [-0.3, -0.25) is 19.2 Å². The monoisotopic (exact) mass is 483 g/mol. The Morgan fingerprint density at radius 1 is 1.26 bits per heavy atom. The van der Waals surface area contributed by atoms with E-state index in [1.165, 1.54) is 27.9 Å². The fourth-order valence-electron chi connectivity index (χ4n) is 3.84. The lowest BCUT2D eigenvalue weighted by Crippen LogP contribution is -2.48. The van der Waals surface area contributed by atoms with Gasteiger partial charge in [0.15, 0.2) is 5.82 Å². The van der Waals surface area contributed by atoms with Crippen molar-refractivity contribution in [1.82, 2.24) is 20.0 Å². The summed E-state index contributed by atoms with van der Waals surface area (Å²) in [5.74, 6) is -0.839. The Morgan fingerprint density at radius 2 is 2.06 bits per heavy atom. The van der Waals surface area contributed by atoms with Gasteiger partial charge in [0, 0.05) is 12.1 Å². The van der Waals surface area contributed by atoms with Crippen molar-refractivity contribution < 1.29 is 22.8 Å². The van der Waals surface area contributed by atoms with Crippen LogP contribution in [0.4, 0.5) is 24.7 Å². The molecule has 0 bridgehead atoms. The summed E-state index contributed by atoms with van der Waals surface area (Å²) < 4.78 is 38.5. The van der Waals surface area contributed by atoms with Gasteiger partial charge in [-0.05, 0) is 50.1 Å². The summed E-state index contributed by atoms with van der Waals surface area (Å²) in [7, 11) is 0. The number of aryl methyl sites for hydroxylation is 1. The lowest BCUT2D eigenvalue weighted by atomic mass is 10.1. The van der Waals surface area contributed by atoms with Crippen LogP contribution >= 0.6 is 0 Å². The van der Waals surface area contributed by atoms with E-state index in [2.05, 4.69) is 20.6 Å². The Bertz CT molecular complexity index is 1300. The van der Waals surface area contributed by atoms with Crippen molar-refractivity contribution in [3.8, 4) is 6.07 Å². The van der Waals surface area contributed by atoms with Crippen molar-refractivity contribution in [2.45, 2.75) is 44.9 Å². The standard InChI is InChI=1S/C23H20F3N7O2/c1-14-13-32-20(18(12-28-32)21(34)29-17-5-2-4-15(10-17)11-27)22(35)33(14)19-8-7-16(30-31-19)6-3-9-23(24,25)26/h2,4-5,7-8,10,12,14H,3,6,9,13H2,1H3,(H,29,34). The third kappa shape index (κ3) is 5.29. The maximum Gasteiger partial charge on any atom is 0.389 e. The first-order valence-electron chi connectivity index (χ1n) is 10.8. The van der Waals surface area contributed by atoms with E-state index in [4.69, 9.17) is 5.26 Å². The number of aromatic nitrogens is 4. The van der Waals surface area contributed by atoms with Crippen LogP contribution in [0.2, 0.25) is 0 Å². The summed E-state index contributed by atoms with van der Waals surface area (Å²) in [5.41, 5.74) is 1.30. The molecular weight excluding hydrogens is 463 g/mol. The summed E-state index contributed by atoms with van der Waals surface area (Å²) in [5, 5.41) is 23.9. The first-order chi connectivity index (χ1) is 16.7. The number of anilines is 2. The molecule has 0 spiro atoms. The molecule has 4 rings (SSSR count). The number of carbonyl (C=O) groups is 2. The van der Waals surface area contributed by atoms with E-state index in [1.54, 1.807) is 31.2 Å². The third-order valence-electron chi connectivity index (χ3n) is 5.48. The molecule has 0 saturated carbocycles. The van der Waals surface area contributed by atoms with Crippen LogP contribution in [-0.2, 0) is 13.0 Å². The largest absolute Gasteiger partial charge is 0.389 e. The third-order valence-corrected chi connectivity index (χ3v) is 5.48. The predicted octanol–water partition coefficient (Wildman–Crippen LogP) is 3.73. The quantitative estimate of drug-likeness (QED) is 0.571. The molecule has 35 heavy (non-hydrogen) atoms. The minimum absolute atomic E-state index is 0.0611. The molecule has 1 aliphatic heterocycles. The predicted molar refractivity (Wildman–Crippen MR) is 119 cm³/mol. The van der Waals surface area contributed by atoms with Gasteiger partial charge in [0.2, 0.25) is 0 Å². The van der Waals surface area contributed by atoms with Crippen molar-refractivity contribution in [2.75, 3.05) is 10.2 Å². The van der Waals surface area contributed by atoms with Crippen LogP contribution in [0.3, 0.4) is 0 Å². The van der Waals surface area contributed by atoms with Gasteiger partial charge in [-0.2, -0.15) is 28.6 Å². The van der Waals surface area contributed by atoms with Crippen LogP contribution in [-0.4, -0.2) is 44.0 Å². The lowest BCUT2D eigenvalue weighted by molar-refractivity contribution is -0.135. The minimum atomic E-state index is -4.23. The number of fused-ring (bicyclic) bond motifs is 1. The van der Waals surface area contributed by atoms with Crippen LogP contribution in [0.15, 0.2) is 42.6 Å². The second-order valence-electron chi connectivity index (χ2n) is 8.11. The minimum Gasteiger partial charge on any atom is -0.322 e. The Labute approximate surface area is 198 Å². The summed E-state index contributed by atoms with van der Waals surface area (Å²) in [6, 6.07) is 11.1. The number of amides is 2. The molecule has 2 amide bonds. The van der Waals surface area contributed by atoms with Gasteiger partial charge < -0.3 is 5.32 Å². The lowest BCUT2D eigenvalue weighted by Gasteiger charge is -2.32. The molecule has 180 valence electrons. The van der Waals surface area contributed by atoms with E-state index < -0.39 is 24.4 Å². The summed E-state index contributed by atoms with van der Waals surface area (Å²) in [6.07, 6.45) is -3.82. The van der Waals surface area contributed by atoms with Crippen LogP contribution < -0.4 is 10.2 Å². The highest BCUT2D eigenvalue weighted by Gasteiger charge is 2.36. The zero-order valence-electron chi connectivity index (χ0n) is 18.6. The van der Waals surface area contributed by atoms with Crippen LogP contribution in [0.5, 0.6) is 0 Å². The van der Waals surface area contributed by atoms with E-state index in [-0.39, 0.29) is 36.0 Å². The molecule has 3 aromatic rings. The van der Waals surface area contributed by atoms with E-state index in [0.29, 0.717) is 23.5 Å². The van der Waals surface area contributed by atoms with Crippen molar-refractivity contribution in [3.63, 3.8) is 0 Å². The molecule has 1 aromatic carbocycles. The Balaban J connectivity index is 1.53. The average molecular weight is 483 g/mol. The zero-order chi connectivity index (χ0) is 25.2. The topological polar surface area (TPSA) is 117 Å². The number of rotatable bonds is 6. The molecule has 0 saturated heterocycles. The molecule has 0 radical (unpaired) electrons. The van der Waals surface area contributed by atoms with Crippen LogP contribution in [0.25, 0.3) is 0 Å². The number of carbonyl (C=O) groups excluding carboxylic acids is 2. The smallest absolute Gasteiger partial charge is 0.322 e. The molecule has 1 atom stereocenters. The number of nitrogens with one attached hydrogen (secondary N) is 1. The van der Waals surface area contributed by atoms with E-state index in [0.717, 1.165) is 0 Å². The highest BCUT2D eigenvalue weighted by atomic mass is 19.4. The van der Waals surface area contributed by atoms with E-state index in [9.17, 15) is 22.8 Å². The van der Waals surface area contributed by atoms with Crippen LogP contribution in [0.1, 0.15) is 51.9 Å². The highest BCUT2D eigenvalue weighted by molar-refractivity contribution is 6.15. The first-order valence-corrected chi connectivity index (χ1v) is 10.8. The van der Waals surface area contributed by atoms with E-state index >= 15 is 0 Å². The molecule has 3 heterocycles. The average Bonchev–Trinajstić information content (AvgIpc) is 3.23. The number of benzene rings is 1. The van der Waals surface area contributed by atoms with Gasteiger partial charge in [-0.1, -0.05) is 6.07 Å². The van der Waals surface area contributed by atoms with Gasteiger partial charge in [-0.25, -0.2) is 0 Å². The summed E-state index contributed by atoms with van der Waals surface area (Å²) >= 11 is 0. The SMILES string of the molecule is CC1Cn2ncc(C(=O)Nc3cccc(C#N)c3)c2C(=O)N1c1ccc(CCCC(F)(F)F)nn1. The molecule has 1 aliphatic rings. The van der Waals surface area contributed by atoms with Crippen molar-refractivity contribution >= 4 is 23.3 Å². The second kappa shape index (κ2) is 9.54. The number of hydrogen-bond acceptors (Lipinski definition) is 6. The fourth-order valence-corrected chi connectivity index (χ4v) is 3.84. The van der Waals surface area contributed by atoms with Crippen molar-refractivity contribution in [2.24, 2.45) is 0 Å². The summed E-state index contributed by atoms with van der Waals surface area (Å²) in [4.78, 5) is 27.7. The summed E-state index contributed by atoms with van der Waals surface area (Å²) in [6.45, 7) is 2.09. The molecule has 9 nitrogen and oxygen atoms in total. The van der Waals surface area contributed by atoms with Gasteiger partial charge in [0.05, 0.1) is 41.7 Å². The van der Waals surface area contributed by atoms with Gasteiger partial charge in [-0.15, -0.1) is 5.10 Å². The number of nitriles is 1. The zero-order valence-corrected chi connectivity index (χ0v) is 18.6. The van der Waals surface area contributed by atoms with Gasteiger partial charge in [0.1, 0.15) is 5.69 Å². The second-order valence-corrected chi connectivity index (χ2v) is 8.11. The number of alkyl halides is 3. The normalized spacial score (nSPS) is 15.5. The highest BCUT2D eigenvalue weighted by Crippen LogP contribution is 2.26. The molecule has 12 heteroatoms. The molecule has 0 aliphatic carbocycles. The van der Waals surface area contributed by atoms with Gasteiger partial charge in [0.25, 0.3) is 11.8 Å². The molecule has 1 unspecified atom stereocenters. The Kier molecular flexibility index (Phi) is 6.50. The van der Waals surface area contributed by atoms with Crippen LogP contribution in [0, 0.1) is 11.3 Å². The molecule has 0 fully saturated rings. The molecule has 2 aromatic heterocycles. The number of nitrogens with zero attached hydrogens (tertiary/aromatic N) is 6. The maximum absolute atomic E-state index is 13.4. The number of halogens is 3. The Hall–Kier alpha value is -4.27. The molecular formula is C23H20F3N7O2.